The van der Waals surface area contributed by atoms with Gasteiger partial charge in [0.1, 0.15) is 5.78 Å². The predicted molar refractivity (Wildman–Crippen MR) is 58.7 cm³/mol. The van der Waals surface area contributed by atoms with Crippen LogP contribution in [0.4, 0.5) is 0 Å². The number of phenolic OH excluding ortho intramolecular Hbond substituents is 1. The lowest BCUT2D eigenvalue weighted by Gasteiger charge is -2.10. The number of ether oxygens (including phenoxy) is 1. The number of para-hydroxylation sites is 1. The molecule has 0 aliphatic rings. The van der Waals surface area contributed by atoms with E-state index in [9.17, 15) is 9.90 Å². The third-order valence-corrected chi connectivity index (χ3v) is 2.60. The highest BCUT2D eigenvalue weighted by atomic mass is 35.5. The number of ketones is 1. The molecule has 0 radical (unpaired) electrons. The van der Waals surface area contributed by atoms with E-state index in [-0.39, 0.29) is 11.5 Å². The Bertz CT molecular complexity index is 363. The molecule has 0 aromatic heterocycles. The highest BCUT2D eigenvalue weighted by molar-refractivity contribution is 6.30. The lowest BCUT2D eigenvalue weighted by molar-refractivity contribution is -0.116. The normalized spacial score (nSPS) is 12.2. The lowest BCUT2D eigenvalue weighted by Crippen LogP contribution is -2.13. The summed E-state index contributed by atoms with van der Waals surface area (Å²) >= 11 is 5.82. The van der Waals surface area contributed by atoms with Gasteiger partial charge in [0, 0.05) is 0 Å². The quantitative estimate of drug-likeness (QED) is 0.804. The molecule has 3 nitrogen and oxygen atoms in total. The second kappa shape index (κ2) is 5.03. The van der Waals surface area contributed by atoms with Gasteiger partial charge in [-0.3, -0.25) is 4.79 Å². The lowest BCUT2D eigenvalue weighted by atomic mass is 10.1. The number of carbonyl (C=O) groups is 1. The molecule has 1 unspecified atom stereocenters. The van der Waals surface area contributed by atoms with Crippen LogP contribution in [0.15, 0.2) is 18.2 Å². The number of methoxy groups -OCH3 is 1. The van der Waals surface area contributed by atoms with Crippen LogP contribution in [0.1, 0.15) is 12.5 Å². The van der Waals surface area contributed by atoms with E-state index >= 15 is 0 Å². The van der Waals surface area contributed by atoms with Crippen LogP contribution >= 0.6 is 11.6 Å². The van der Waals surface area contributed by atoms with Gasteiger partial charge in [0.15, 0.2) is 11.5 Å². The van der Waals surface area contributed by atoms with Crippen LogP contribution in [0, 0.1) is 0 Å². The van der Waals surface area contributed by atoms with Crippen molar-refractivity contribution < 1.29 is 14.6 Å². The zero-order valence-corrected chi connectivity index (χ0v) is 9.41. The minimum Gasteiger partial charge on any atom is -0.504 e. The molecule has 1 aromatic rings. The number of carbonyl (C=O) groups excluding carboxylic acids is 1. The maximum absolute atomic E-state index is 11.0. The summed E-state index contributed by atoms with van der Waals surface area (Å²) in [6.07, 6.45) is 0.305. The fourth-order valence-corrected chi connectivity index (χ4v) is 1.40. The number of hydrogen-bond acceptors (Lipinski definition) is 3. The van der Waals surface area contributed by atoms with E-state index in [0.717, 1.165) is 0 Å². The first kappa shape index (κ1) is 11.9. The van der Waals surface area contributed by atoms with Crippen LogP contribution in [-0.4, -0.2) is 23.4 Å². The minimum absolute atomic E-state index is 0.0481. The Labute approximate surface area is 93.6 Å². The van der Waals surface area contributed by atoms with Gasteiger partial charge in [-0.05, 0) is 25.0 Å². The Hall–Kier alpha value is -1.22. The molecule has 82 valence electrons. The van der Waals surface area contributed by atoms with Crippen molar-refractivity contribution >= 4 is 17.4 Å². The van der Waals surface area contributed by atoms with E-state index in [1.54, 1.807) is 18.2 Å². The summed E-state index contributed by atoms with van der Waals surface area (Å²) in [5.41, 5.74) is 0.615. The number of halogens is 1. The number of Topliss-reactive ketones (excluding diaryl/α,β-unsaturated/α-hetero) is 1. The third kappa shape index (κ3) is 2.86. The van der Waals surface area contributed by atoms with E-state index < -0.39 is 5.38 Å². The van der Waals surface area contributed by atoms with E-state index in [1.807, 2.05) is 0 Å². The number of rotatable bonds is 4. The molecule has 0 fully saturated rings. The second-order valence-corrected chi connectivity index (χ2v) is 3.78. The Morgan fingerprint density at radius 1 is 1.60 bits per heavy atom. The van der Waals surface area contributed by atoms with Crippen molar-refractivity contribution in [3.63, 3.8) is 0 Å². The van der Waals surface area contributed by atoms with Crippen molar-refractivity contribution in [2.45, 2.75) is 18.7 Å². The average Bonchev–Trinajstić information content (AvgIpc) is 2.21. The first-order valence-corrected chi connectivity index (χ1v) is 4.99. The first-order chi connectivity index (χ1) is 7.06. The van der Waals surface area contributed by atoms with Crippen molar-refractivity contribution in [2.24, 2.45) is 0 Å². The van der Waals surface area contributed by atoms with Gasteiger partial charge in [0.25, 0.3) is 0 Å². The number of benzene rings is 1. The summed E-state index contributed by atoms with van der Waals surface area (Å²) in [5, 5.41) is 9.12. The monoisotopic (exact) mass is 228 g/mol. The summed E-state index contributed by atoms with van der Waals surface area (Å²) in [5.74, 6) is 0.325. The maximum Gasteiger partial charge on any atom is 0.160 e. The second-order valence-electron chi connectivity index (χ2n) is 3.25. The smallest absolute Gasteiger partial charge is 0.160 e. The van der Waals surface area contributed by atoms with Crippen molar-refractivity contribution in [1.29, 1.82) is 0 Å². The van der Waals surface area contributed by atoms with Crippen molar-refractivity contribution in [2.75, 3.05) is 7.11 Å². The maximum atomic E-state index is 11.0. The van der Waals surface area contributed by atoms with Crippen LogP contribution in [-0.2, 0) is 11.2 Å². The molecule has 0 amide bonds. The fraction of sp³-hybridized carbons (Fsp3) is 0.364. The van der Waals surface area contributed by atoms with Gasteiger partial charge >= 0.3 is 0 Å². The number of hydrogen-bond donors (Lipinski definition) is 1. The summed E-state index contributed by atoms with van der Waals surface area (Å²) in [6, 6.07) is 5.11. The van der Waals surface area contributed by atoms with Gasteiger partial charge in [0.2, 0.25) is 0 Å². The summed E-state index contributed by atoms with van der Waals surface area (Å²) in [7, 11) is 1.47. The zero-order chi connectivity index (χ0) is 11.4. The van der Waals surface area contributed by atoms with E-state index in [0.29, 0.717) is 17.7 Å². The highest BCUT2D eigenvalue weighted by Crippen LogP contribution is 2.30. The molecule has 0 saturated carbocycles. The Kier molecular flexibility index (Phi) is 3.97. The summed E-state index contributed by atoms with van der Waals surface area (Å²) < 4.78 is 4.95. The van der Waals surface area contributed by atoms with Crippen LogP contribution in [0.2, 0.25) is 0 Å². The largest absolute Gasteiger partial charge is 0.504 e. The van der Waals surface area contributed by atoms with Gasteiger partial charge in [-0.1, -0.05) is 12.1 Å². The standard InChI is InChI=1S/C11H13ClO3/c1-7(13)9(12)6-8-4-3-5-10(15-2)11(8)14/h3-5,9,14H,6H2,1-2H3. The van der Waals surface area contributed by atoms with Crippen molar-refractivity contribution in [3.05, 3.63) is 23.8 Å². The molecular formula is C11H13ClO3. The third-order valence-electron chi connectivity index (χ3n) is 2.14. The summed E-state index contributed by atoms with van der Waals surface area (Å²) in [4.78, 5) is 11.0. The van der Waals surface area contributed by atoms with Crippen molar-refractivity contribution in [3.8, 4) is 11.5 Å². The van der Waals surface area contributed by atoms with Crippen LogP contribution in [0.5, 0.6) is 11.5 Å². The fourth-order valence-electron chi connectivity index (χ4n) is 1.23. The molecule has 0 saturated heterocycles. The number of aromatic hydroxyl groups is 1. The highest BCUT2D eigenvalue weighted by Gasteiger charge is 2.15. The van der Waals surface area contributed by atoms with Gasteiger partial charge in [0.05, 0.1) is 12.5 Å². The Morgan fingerprint density at radius 3 is 2.80 bits per heavy atom. The molecule has 0 aliphatic carbocycles. The SMILES string of the molecule is COc1cccc(CC(Cl)C(C)=O)c1O. The predicted octanol–water partition coefficient (Wildman–Crippen LogP) is 2.14. The molecule has 0 aliphatic heterocycles. The topological polar surface area (TPSA) is 46.5 Å². The molecule has 1 N–H and O–H groups in total. The summed E-state index contributed by atoms with van der Waals surface area (Å²) in [6.45, 7) is 1.43. The van der Waals surface area contributed by atoms with Gasteiger partial charge < -0.3 is 9.84 Å². The van der Waals surface area contributed by atoms with Crippen LogP contribution in [0.25, 0.3) is 0 Å². The minimum atomic E-state index is -0.608. The molecule has 15 heavy (non-hydrogen) atoms. The van der Waals surface area contributed by atoms with Crippen molar-refractivity contribution in [1.82, 2.24) is 0 Å². The molecule has 0 heterocycles. The molecular weight excluding hydrogens is 216 g/mol. The molecule has 4 heteroatoms. The Morgan fingerprint density at radius 2 is 2.27 bits per heavy atom. The van der Waals surface area contributed by atoms with Crippen LogP contribution in [0.3, 0.4) is 0 Å². The Balaban J connectivity index is 2.90. The van der Waals surface area contributed by atoms with E-state index in [2.05, 4.69) is 0 Å². The first-order valence-electron chi connectivity index (χ1n) is 4.55. The van der Waals surface area contributed by atoms with Crippen LogP contribution < -0.4 is 4.74 Å². The number of phenols is 1. The molecule has 1 atom stereocenters. The van der Waals surface area contributed by atoms with E-state index in [4.69, 9.17) is 16.3 Å². The zero-order valence-electron chi connectivity index (χ0n) is 8.66. The average molecular weight is 229 g/mol. The van der Waals surface area contributed by atoms with Gasteiger partial charge in [-0.15, -0.1) is 11.6 Å². The molecule has 0 spiro atoms. The molecule has 0 bridgehead atoms. The van der Waals surface area contributed by atoms with E-state index in [1.165, 1.54) is 14.0 Å². The molecule has 1 rings (SSSR count). The number of alkyl halides is 1. The van der Waals surface area contributed by atoms with Gasteiger partial charge in [-0.2, -0.15) is 0 Å². The van der Waals surface area contributed by atoms with Gasteiger partial charge in [-0.25, -0.2) is 0 Å². The molecule has 1 aromatic carbocycles.